The van der Waals surface area contributed by atoms with Gasteiger partial charge in [0.15, 0.2) is 6.67 Å². The second-order valence-corrected chi connectivity index (χ2v) is 12.1. The molecule has 2 aliphatic heterocycles. The number of methoxy groups -OCH3 is 2. The Labute approximate surface area is 255 Å². The number of anilines is 4. The van der Waals surface area contributed by atoms with Gasteiger partial charge in [0.25, 0.3) is 0 Å². The van der Waals surface area contributed by atoms with Gasteiger partial charge in [-0.3, -0.25) is 4.48 Å². The van der Waals surface area contributed by atoms with Crippen LogP contribution in [0.25, 0.3) is 11.1 Å². The monoisotopic (exact) mass is 618 g/mol. The maximum absolute atomic E-state index is 6.03. The molecule has 6 heteroatoms. The third-order valence-corrected chi connectivity index (χ3v) is 9.12. The summed E-state index contributed by atoms with van der Waals surface area (Å²) in [6.07, 6.45) is 0. The van der Waals surface area contributed by atoms with E-state index in [9.17, 15) is 0 Å². The normalized spacial score (nSPS) is 16.8. The zero-order valence-electron chi connectivity index (χ0n) is 24.0. The number of hydrogen-bond acceptors (Lipinski definition) is 4. The minimum atomic E-state index is 0.805. The SMILES string of the molecule is COc1cc2c(cc1Br)C[N+]1(C)CN2Cc2cc(-c3ccc(N(c4ccccc4)c4ccccc4)cc3)c(OC)cc21. The lowest BCUT2D eigenvalue weighted by Crippen LogP contribution is -2.58. The van der Waals surface area contributed by atoms with Crippen molar-refractivity contribution in [3.8, 4) is 22.6 Å². The number of halogens is 1. The lowest BCUT2D eigenvalue weighted by molar-refractivity contribution is 0.285. The van der Waals surface area contributed by atoms with Crippen LogP contribution < -0.4 is 23.8 Å². The van der Waals surface area contributed by atoms with Crippen LogP contribution in [0.3, 0.4) is 0 Å². The van der Waals surface area contributed by atoms with Crippen LogP contribution in [0.5, 0.6) is 11.5 Å². The summed E-state index contributed by atoms with van der Waals surface area (Å²) < 4.78 is 13.5. The highest BCUT2D eigenvalue weighted by molar-refractivity contribution is 9.10. The highest BCUT2D eigenvalue weighted by atomic mass is 79.9. The van der Waals surface area contributed by atoms with Crippen LogP contribution >= 0.6 is 15.9 Å². The fourth-order valence-electron chi connectivity index (χ4n) is 6.57. The van der Waals surface area contributed by atoms with Crippen molar-refractivity contribution in [1.29, 1.82) is 0 Å². The number of rotatable bonds is 6. The van der Waals surface area contributed by atoms with Crippen molar-refractivity contribution in [2.45, 2.75) is 13.1 Å². The zero-order chi connectivity index (χ0) is 28.8. The second-order valence-electron chi connectivity index (χ2n) is 11.2. The number of quaternary nitrogens is 1. The van der Waals surface area contributed by atoms with E-state index in [2.05, 4.69) is 142 Å². The Kier molecular flexibility index (Phi) is 6.68. The molecule has 0 radical (unpaired) electrons. The number of fused-ring (bicyclic) bond motifs is 6. The smallest absolute Gasteiger partial charge is 0.159 e. The molecular weight excluding hydrogens is 586 g/mol. The third kappa shape index (κ3) is 4.52. The first-order valence-corrected chi connectivity index (χ1v) is 14.9. The van der Waals surface area contributed by atoms with Gasteiger partial charge in [0.1, 0.15) is 23.7 Å². The van der Waals surface area contributed by atoms with Gasteiger partial charge in [0.05, 0.1) is 38.0 Å². The van der Waals surface area contributed by atoms with Crippen molar-refractivity contribution >= 4 is 44.4 Å². The Balaban J connectivity index is 1.27. The highest BCUT2D eigenvalue weighted by Gasteiger charge is 2.42. The number of benzene rings is 5. The molecule has 5 aromatic rings. The zero-order valence-corrected chi connectivity index (χ0v) is 25.6. The van der Waals surface area contributed by atoms with Gasteiger partial charge >= 0.3 is 0 Å². The molecule has 2 aliphatic rings. The summed E-state index contributed by atoms with van der Waals surface area (Å²) in [5, 5.41) is 0. The molecular formula is C36H33BrN3O2+. The van der Waals surface area contributed by atoms with E-state index in [-0.39, 0.29) is 0 Å². The van der Waals surface area contributed by atoms with E-state index < -0.39 is 0 Å². The van der Waals surface area contributed by atoms with E-state index in [0.29, 0.717) is 0 Å². The average molecular weight is 620 g/mol. The summed E-state index contributed by atoms with van der Waals surface area (Å²) in [5.41, 5.74) is 10.8. The van der Waals surface area contributed by atoms with Crippen molar-refractivity contribution < 1.29 is 9.47 Å². The van der Waals surface area contributed by atoms with Crippen LogP contribution in [0.4, 0.5) is 28.4 Å². The topological polar surface area (TPSA) is 24.9 Å². The van der Waals surface area contributed by atoms with E-state index in [0.717, 1.165) is 68.4 Å². The predicted octanol–water partition coefficient (Wildman–Crippen LogP) is 9.03. The lowest BCUT2D eigenvalue weighted by Gasteiger charge is -2.48. The number of para-hydroxylation sites is 2. The predicted molar refractivity (Wildman–Crippen MR) is 176 cm³/mol. The van der Waals surface area contributed by atoms with Gasteiger partial charge in [0, 0.05) is 45.9 Å². The minimum Gasteiger partial charge on any atom is -0.496 e. The van der Waals surface area contributed by atoms with E-state index in [1.165, 1.54) is 22.5 Å². The fraction of sp³-hybridized carbons (Fsp3) is 0.167. The van der Waals surface area contributed by atoms with Gasteiger partial charge in [0.2, 0.25) is 0 Å². The van der Waals surface area contributed by atoms with Crippen molar-refractivity contribution in [2.24, 2.45) is 0 Å². The van der Waals surface area contributed by atoms with Gasteiger partial charge in [-0.1, -0.05) is 48.5 Å². The number of hydrogen-bond donors (Lipinski definition) is 0. The molecule has 5 nitrogen and oxygen atoms in total. The maximum atomic E-state index is 6.03. The van der Waals surface area contributed by atoms with Crippen LogP contribution in [-0.2, 0) is 13.1 Å². The standard InChI is InChI=1S/C36H33BrN3O2/c1-40-23-27-19-32(37)36(42-3)20-33(27)38(24-40)22-26-18-31(35(41-2)21-34(26)40)25-14-16-30(17-15-25)39(28-10-6-4-7-11-28)29-12-8-5-9-13-29/h4-21H,22-24H2,1-3H3/q+1. The van der Waals surface area contributed by atoms with Crippen molar-refractivity contribution in [3.63, 3.8) is 0 Å². The van der Waals surface area contributed by atoms with Crippen molar-refractivity contribution in [1.82, 2.24) is 4.48 Å². The van der Waals surface area contributed by atoms with Crippen LogP contribution in [-0.4, -0.2) is 27.9 Å². The number of nitrogens with zero attached hydrogens (tertiary/aromatic N) is 3. The van der Waals surface area contributed by atoms with Gasteiger partial charge < -0.3 is 19.3 Å². The van der Waals surface area contributed by atoms with Gasteiger partial charge in [-0.05, 0) is 70.0 Å². The molecule has 1 unspecified atom stereocenters. The molecule has 0 aliphatic carbocycles. The molecule has 210 valence electrons. The molecule has 1 atom stereocenters. The molecule has 7 rings (SSSR count). The summed E-state index contributed by atoms with van der Waals surface area (Å²) in [4.78, 5) is 4.76. The van der Waals surface area contributed by atoms with E-state index in [1.807, 2.05) is 0 Å². The highest BCUT2D eigenvalue weighted by Crippen LogP contribution is 2.48. The molecule has 0 saturated heterocycles. The van der Waals surface area contributed by atoms with Crippen molar-refractivity contribution in [3.05, 3.63) is 125 Å². The maximum Gasteiger partial charge on any atom is 0.159 e. The van der Waals surface area contributed by atoms with Crippen molar-refractivity contribution in [2.75, 3.05) is 37.7 Å². The molecule has 0 amide bonds. The van der Waals surface area contributed by atoms with Gasteiger partial charge in [-0.2, -0.15) is 0 Å². The Bertz CT molecular complexity index is 1720. The third-order valence-electron chi connectivity index (χ3n) is 8.50. The van der Waals surface area contributed by atoms with Crippen LogP contribution in [0.15, 0.2) is 114 Å². The first-order chi connectivity index (χ1) is 20.5. The average Bonchev–Trinajstić information content (AvgIpc) is 3.02. The fourth-order valence-corrected chi connectivity index (χ4v) is 7.12. The Morgan fingerprint density at radius 3 is 1.95 bits per heavy atom. The Morgan fingerprint density at radius 1 is 0.714 bits per heavy atom. The molecule has 42 heavy (non-hydrogen) atoms. The minimum absolute atomic E-state index is 0.805. The van der Waals surface area contributed by atoms with Gasteiger partial charge in [-0.15, -0.1) is 0 Å². The van der Waals surface area contributed by atoms with E-state index in [1.54, 1.807) is 14.2 Å². The number of ether oxygens (including phenoxy) is 2. The molecule has 0 N–H and O–H groups in total. The van der Waals surface area contributed by atoms with Gasteiger partial charge in [-0.25, -0.2) is 0 Å². The quantitative estimate of drug-likeness (QED) is 0.177. The Morgan fingerprint density at radius 2 is 1.33 bits per heavy atom. The van der Waals surface area contributed by atoms with Crippen LogP contribution in [0, 0.1) is 0 Å². The summed E-state index contributed by atoms with van der Waals surface area (Å²) in [7, 11) is 5.82. The molecule has 2 heterocycles. The summed E-state index contributed by atoms with van der Waals surface area (Å²) in [6.45, 7) is 2.66. The van der Waals surface area contributed by atoms with E-state index >= 15 is 0 Å². The first-order valence-electron chi connectivity index (χ1n) is 14.2. The molecule has 0 aromatic heterocycles. The second kappa shape index (κ2) is 10.5. The summed E-state index contributed by atoms with van der Waals surface area (Å²) in [5.74, 6) is 1.77. The van der Waals surface area contributed by atoms with Crippen LogP contribution in [0.1, 0.15) is 11.1 Å². The molecule has 0 fully saturated rings. The summed E-state index contributed by atoms with van der Waals surface area (Å²) in [6, 6.07) is 38.8. The first kappa shape index (κ1) is 26.6. The lowest BCUT2D eigenvalue weighted by atomic mass is 9.94. The Hall–Kier alpha value is -4.26. The molecule has 2 bridgehead atoms. The molecule has 0 spiro atoms. The molecule has 0 saturated carbocycles. The summed E-state index contributed by atoms with van der Waals surface area (Å²) >= 11 is 3.69. The van der Waals surface area contributed by atoms with Crippen LogP contribution in [0.2, 0.25) is 0 Å². The van der Waals surface area contributed by atoms with E-state index in [4.69, 9.17) is 9.47 Å². The largest absolute Gasteiger partial charge is 0.496 e. The molecule has 5 aromatic carbocycles.